The van der Waals surface area contributed by atoms with Crippen LogP contribution in [0, 0.1) is 0 Å². The molecule has 1 fully saturated rings. The fourth-order valence-corrected chi connectivity index (χ4v) is 2.55. The highest BCUT2D eigenvalue weighted by Crippen LogP contribution is 2.21. The monoisotopic (exact) mass is 286 g/mol. The van der Waals surface area contributed by atoms with Crippen molar-refractivity contribution in [3.05, 3.63) is 0 Å². The fourth-order valence-electron chi connectivity index (χ4n) is 2.55. The zero-order valence-electron chi connectivity index (χ0n) is 12.2. The number of urea groups is 1. The molecule has 2 amide bonds. The van der Waals surface area contributed by atoms with Crippen LogP contribution in [0.1, 0.15) is 51.4 Å². The molecule has 0 aliphatic heterocycles. The van der Waals surface area contributed by atoms with E-state index in [2.05, 4.69) is 10.6 Å². The van der Waals surface area contributed by atoms with Crippen LogP contribution in [0.2, 0.25) is 0 Å². The quantitative estimate of drug-likeness (QED) is 0.565. The van der Waals surface area contributed by atoms with Crippen molar-refractivity contribution in [2.24, 2.45) is 0 Å². The van der Waals surface area contributed by atoms with E-state index in [1.54, 1.807) is 7.11 Å². The third-order valence-electron chi connectivity index (χ3n) is 3.67. The SMILES string of the molecule is COC1CCCC1NC(=O)NCCCCCCC(=O)O. The molecule has 1 aliphatic carbocycles. The number of carboxylic acids is 1. The fraction of sp³-hybridized carbons (Fsp3) is 0.857. The van der Waals surface area contributed by atoms with Gasteiger partial charge in [0.2, 0.25) is 0 Å². The molecule has 0 heterocycles. The van der Waals surface area contributed by atoms with Crippen LogP contribution in [0.3, 0.4) is 0 Å². The van der Waals surface area contributed by atoms with Gasteiger partial charge in [0.05, 0.1) is 12.1 Å². The molecule has 116 valence electrons. The van der Waals surface area contributed by atoms with Crippen molar-refractivity contribution >= 4 is 12.0 Å². The number of methoxy groups -OCH3 is 1. The van der Waals surface area contributed by atoms with Gasteiger partial charge >= 0.3 is 12.0 Å². The minimum absolute atomic E-state index is 0.121. The first kappa shape index (κ1) is 16.8. The van der Waals surface area contributed by atoms with Crippen LogP contribution in [0.4, 0.5) is 4.79 Å². The first-order valence-electron chi connectivity index (χ1n) is 7.42. The van der Waals surface area contributed by atoms with Gasteiger partial charge < -0.3 is 20.5 Å². The van der Waals surface area contributed by atoms with Gasteiger partial charge in [0.15, 0.2) is 0 Å². The van der Waals surface area contributed by atoms with Crippen LogP contribution in [-0.2, 0) is 9.53 Å². The van der Waals surface area contributed by atoms with E-state index >= 15 is 0 Å². The molecular weight excluding hydrogens is 260 g/mol. The van der Waals surface area contributed by atoms with E-state index in [0.29, 0.717) is 13.0 Å². The van der Waals surface area contributed by atoms with Crippen molar-refractivity contribution in [1.82, 2.24) is 10.6 Å². The Bertz CT molecular complexity index is 310. The normalized spacial score (nSPS) is 21.6. The molecule has 1 saturated carbocycles. The summed E-state index contributed by atoms with van der Waals surface area (Å²) in [7, 11) is 1.68. The van der Waals surface area contributed by atoms with Crippen molar-refractivity contribution in [3.8, 4) is 0 Å². The summed E-state index contributed by atoms with van der Waals surface area (Å²) in [5, 5.41) is 14.3. The maximum Gasteiger partial charge on any atom is 0.315 e. The minimum atomic E-state index is -0.744. The molecule has 6 nitrogen and oxygen atoms in total. The van der Waals surface area contributed by atoms with Crippen molar-refractivity contribution in [3.63, 3.8) is 0 Å². The molecule has 3 N–H and O–H groups in total. The van der Waals surface area contributed by atoms with Crippen molar-refractivity contribution in [2.45, 2.75) is 63.5 Å². The summed E-state index contributed by atoms with van der Waals surface area (Å²) in [6.07, 6.45) is 6.86. The highest BCUT2D eigenvalue weighted by atomic mass is 16.5. The highest BCUT2D eigenvalue weighted by molar-refractivity contribution is 5.74. The van der Waals surface area contributed by atoms with Gasteiger partial charge in [0, 0.05) is 20.1 Å². The third-order valence-corrected chi connectivity index (χ3v) is 3.67. The number of hydrogen-bond acceptors (Lipinski definition) is 3. The van der Waals surface area contributed by atoms with Gasteiger partial charge in [-0.05, 0) is 32.1 Å². The van der Waals surface area contributed by atoms with Crippen LogP contribution >= 0.6 is 0 Å². The Labute approximate surface area is 120 Å². The number of nitrogens with one attached hydrogen (secondary N) is 2. The van der Waals surface area contributed by atoms with E-state index in [4.69, 9.17) is 9.84 Å². The number of amides is 2. The van der Waals surface area contributed by atoms with Gasteiger partial charge in [-0.2, -0.15) is 0 Å². The number of rotatable bonds is 9. The lowest BCUT2D eigenvalue weighted by Crippen LogP contribution is -2.46. The molecule has 0 spiro atoms. The predicted molar refractivity (Wildman–Crippen MR) is 75.7 cm³/mol. The largest absolute Gasteiger partial charge is 0.481 e. The number of ether oxygens (including phenoxy) is 1. The van der Waals surface area contributed by atoms with Crippen molar-refractivity contribution < 1.29 is 19.4 Å². The molecule has 1 rings (SSSR count). The summed E-state index contributed by atoms with van der Waals surface area (Å²) in [6, 6.07) is -0.0138. The Morgan fingerprint density at radius 3 is 2.65 bits per heavy atom. The summed E-state index contributed by atoms with van der Waals surface area (Å²) < 4.78 is 5.32. The topological polar surface area (TPSA) is 87.7 Å². The zero-order valence-corrected chi connectivity index (χ0v) is 12.2. The van der Waals surface area contributed by atoms with Crippen molar-refractivity contribution in [2.75, 3.05) is 13.7 Å². The van der Waals surface area contributed by atoms with Crippen LogP contribution in [0.15, 0.2) is 0 Å². The standard InChI is InChI=1S/C14H26N2O4/c1-20-12-8-6-7-11(12)16-14(19)15-10-5-3-2-4-9-13(17)18/h11-12H,2-10H2,1H3,(H,17,18)(H2,15,16,19). The van der Waals surface area contributed by atoms with E-state index in [1.807, 2.05) is 0 Å². The summed E-state index contributed by atoms with van der Waals surface area (Å²) in [5.74, 6) is -0.744. The maximum absolute atomic E-state index is 11.7. The van der Waals surface area contributed by atoms with E-state index in [0.717, 1.165) is 38.5 Å². The van der Waals surface area contributed by atoms with Gasteiger partial charge in [0.25, 0.3) is 0 Å². The van der Waals surface area contributed by atoms with Crippen molar-refractivity contribution in [1.29, 1.82) is 0 Å². The zero-order chi connectivity index (χ0) is 14.8. The second kappa shape index (κ2) is 9.58. The van der Waals surface area contributed by atoms with Crippen LogP contribution in [0.5, 0.6) is 0 Å². The molecule has 0 aromatic heterocycles. The van der Waals surface area contributed by atoms with E-state index < -0.39 is 5.97 Å². The van der Waals surface area contributed by atoms with Crippen LogP contribution in [0.25, 0.3) is 0 Å². The summed E-state index contributed by atoms with van der Waals surface area (Å²) in [4.78, 5) is 22.0. The molecule has 0 bridgehead atoms. The Morgan fingerprint density at radius 1 is 1.20 bits per heavy atom. The van der Waals surface area contributed by atoms with Crippen LogP contribution < -0.4 is 10.6 Å². The Balaban J connectivity index is 1.99. The Hall–Kier alpha value is -1.30. The first-order chi connectivity index (χ1) is 9.63. The maximum atomic E-state index is 11.7. The lowest BCUT2D eigenvalue weighted by Gasteiger charge is -2.19. The lowest BCUT2D eigenvalue weighted by molar-refractivity contribution is -0.137. The average Bonchev–Trinajstić information content (AvgIpc) is 2.84. The molecule has 1 aliphatic rings. The molecule has 0 saturated heterocycles. The molecule has 6 heteroatoms. The second-order valence-corrected chi connectivity index (χ2v) is 5.27. The van der Waals surface area contributed by atoms with Gasteiger partial charge in [0.1, 0.15) is 0 Å². The van der Waals surface area contributed by atoms with Crippen LogP contribution in [-0.4, -0.2) is 42.9 Å². The molecule has 20 heavy (non-hydrogen) atoms. The molecule has 2 atom stereocenters. The van der Waals surface area contributed by atoms with E-state index in [9.17, 15) is 9.59 Å². The number of hydrogen-bond donors (Lipinski definition) is 3. The molecule has 0 aromatic carbocycles. The number of carbonyl (C=O) groups is 2. The molecule has 0 aromatic rings. The average molecular weight is 286 g/mol. The Morgan fingerprint density at radius 2 is 1.95 bits per heavy atom. The van der Waals surface area contributed by atoms with E-state index in [-0.39, 0.29) is 24.6 Å². The molecular formula is C14H26N2O4. The van der Waals surface area contributed by atoms with Gasteiger partial charge in [-0.1, -0.05) is 12.8 Å². The predicted octanol–water partition coefficient (Wildman–Crippen LogP) is 1.89. The van der Waals surface area contributed by atoms with Gasteiger partial charge in [-0.3, -0.25) is 4.79 Å². The number of unbranched alkanes of at least 4 members (excludes halogenated alkanes) is 3. The number of aliphatic carboxylic acids is 1. The van der Waals surface area contributed by atoms with E-state index in [1.165, 1.54) is 0 Å². The first-order valence-corrected chi connectivity index (χ1v) is 7.42. The number of carboxylic acid groups (broad SMARTS) is 1. The molecule has 2 unspecified atom stereocenters. The second-order valence-electron chi connectivity index (χ2n) is 5.27. The molecule has 0 radical (unpaired) electrons. The Kier molecular flexibility index (Phi) is 8.02. The minimum Gasteiger partial charge on any atom is -0.481 e. The summed E-state index contributed by atoms with van der Waals surface area (Å²) in [6.45, 7) is 0.628. The number of carbonyl (C=O) groups excluding carboxylic acids is 1. The third kappa shape index (κ3) is 6.75. The summed E-state index contributed by atoms with van der Waals surface area (Å²) in [5.41, 5.74) is 0. The smallest absolute Gasteiger partial charge is 0.315 e. The highest BCUT2D eigenvalue weighted by Gasteiger charge is 2.28. The lowest BCUT2D eigenvalue weighted by atomic mass is 10.1. The summed E-state index contributed by atoms with van der Waals surface area (Å²) >= 11 is 0. The van der Waals surface area contributed by atoms with Gasteiger partial charge in [-0.25, -0.2) is 4.79 Å². The van der Waals surface area contributed by atoms with Gasteiger partial charge in [-0.15, -0.1) is 0 Å².